The van der Waals surface area contributed by atoms with Crippen LogP contribution in [0.3, 0.4) is 0 Å². The maximum atomic E-state index is 14.7. The number of benzene rings is 1. The summed E-state index contributed by atoms with van der Waals surface area (Å²) in [4.78, 5) is 16.7. The van der Waals surface area contributed by atoms with Crippen molar-refractivity contribution in [1.29, 1.82) is 0 Å². The summed E-state index contributed by atoms with van der Waals surface area (Å²) in [5.41, 5.74) is 2.91. The molecule has 0 aliphatic carbocycles. The van der Waals surface area contributed by atoms with Gasteiger partial charge in [-0.15, -0.1) is 0 Å². The number of hydrogen-bond donors (Lipinski definition) is 2. The molecule has 4 aromatic rings. The van der Waals surface area contributed by atoms with Crippen molar-refractivity contribution in [2.45, 2.75) is 18.7 Å². The number of pyridine rings is 2. The Kier molecular flexibility index (Phi) is 5.66. The Hall–Kier alpha value is -3.37. The first kappa shape index (κ1) is 21.8. The molecule has 164 valence electrons. The molecule has 0 saturated carbocycles. The minimum Gasteiger partial charge on any atom is -0.357 e. The van der Waals surface area contributed by atoms with E-state index >= 15 is 0 Å². The first-order chi connectivity index (χ1) is 15.2. The van der Waals surface area contributed by atoms with E-state index in [4.69, 9.17) is 11.6 Å². The van der Waals surface area contributed by atoms with E-state index in [2.05, 4.69) is 30.0 Å². The third kappa shape index (κ3) is 4.19. The standard InChI is InChI=1S/C21H18ClFN6O2S/c1-11-4-18(23)19(29-32(30,31)15-6-14(22)9-25-10-15)7-16(11)17-5-13-8-26-21(24-3)28-20(13)27-12(17)2/h4-10,29H,1-3H3,(H,24,26,27,28). The average molecular weight is 473 g/mol. The number of aromatic nitrogens is 4. The van der Waals surface area contributed by atoms with Gasteiger partial charge < -0.3 is 5.32 Å². The van der Waals surface area contributed by atoms with Crippen molar-refractivity contribution in [2.24, 2.45) is 0 Å². The number of anilines is 2. The van der Waals surface area contributed by atoms with Gasteiger partial charge in [0.15, 0.2) is 5.65 Å². The average Bonchev–Trinajstić information content (AvgIpc) is 2.75. The predicted molar refractivity (Wildman–Crippen MR) is 122 cm³/mol. The molecule has 0 aliphatic heterocycles. The Labute approximate surface area is 189 Å². The fraction of sp³-hybridized carbons (Fsp3) is 0.143. The quantitative estimate of drug-likeness (QED) is 0.444. The Balaban J connectivity index is 1.80. The third-order valence-corrected chi connectivity index (χ3v) is 6.36. The van der Waals surface area contributed by atoms with Crippen LogP contribution in [0.2, 0.25) is 5.02 Å². The lowest BCUT2D eigenvalue weighted by Crippen LogP contribution is -2.14. The Morgan fingerprint density at radius 3 is 2.50 bits per heavy atom. The number of nitrogens with one attached hydrogen (secondary N) is 2. The number of nitrogens with zero attached hydrogens (tertiary/aromatic N) is 4. The smallest absolute Gasteiger partial charge is 0.263 e. The van der Waals surface area contributed by atoms with Gasteiger partial charge in [0, 0.05) is 42.3 Å². The van der Waals surface area contributed by atoms with Crippen molar-refractivity contribution in [2.75, 3.05) is 17.1 Å². The van der Waals surface area contributed by atoms with Crippen LogP contribution in [-0.4, -0.2) is 35.4 Å². The summed E-state index contributed by atoms with van der Waals surface area (Å²) in [5, 5.41) is 3.71. The molecule has 0 fully saturated rings. The molecular formula is C21H18ClFN6O2S. The molecule has 3 heterocycles. The maximum Gasteiger partial charge on any atom is 0.263 e. The van der Waals surface area contributed by atoms with Crippen molar-refractivity contribution < 1.29 is 12.8 Å². The number of rotatable bonds is 5. The SMILES string of the molecule is CNc1ncc2cc(-c3cc(NS(=O)(=O)c4cncc(Cl)c4)c(F)cc3C)c(C)nc2n1. The van der Waals surface area contributed by atoms with Crippen LogP contribution in [0.1, 0.15) is 11.3 Å². The largest absolute Gasteiger partial charge is 0.357 e. The Morgan fingerprint density at radius 1 is 1.00 bits per heavy atom. The lowest BCUT2D eigenvalue weighted by molar-refractivity contribution is 0.598. The lowest BCUT2D eigenvalue weighted by Gasteiger charge is -2.15. The van der Waals surface area contributed by atoms with E-state index in [1.165, 1.54) is 24.4 Å². The molecule has 0 aliphatic rings. The number of hydrogen-bond acceptors (Lipinski definition) is 7. The highest BCUT2D eigenvalue weighted by Crippen LogP contribution is 2.33. The van der Waals surface area contributed by atoms with Crippen molar-refractivity contribution in [3.63, 3.8) is 0 Å². The fourth-order valence-electron chi connectivity index (χ4n) is 3.23. The summed E-state index contributed by atoms with van der Waals surface area (Å²) in [6.07, 6.45) is 4.08. The zero-order valence-corrected chi connectivity index (χ0v) is 18.9. The molecular weight excluding hydrogens is 455 g/mol. The summed E-state index contributed by atoms with van der Waals surface area (Å²) >= 11 is 5.85. The van der Waals surface area contributed by atoms with Crippen LogP contribution in [0.25, 0.3) is 22.2 Å². The number of fused-ring (bicyclic) bond motifs is 1. The normalized spacial score (nSPS) is 11.5. The molecule has 0 unspecified atom stereocenters. The van der Waals surface area contributed by atoms with E-state index in [1.807, 2.05) is 6.07 Å². The van der Waals surface area contributed by atoms with Crippen LogP contribution in [0.15, 0.2) is 47.8 Å². The van der Waals surface area contributed by atoms with Crippen LogP contribution >= 0.6 is 11.6 Å². The van der Waals surface area contributed by atoms with E-state index < -0.39 is 15.8 Å². The molecule has 0 saturated heterocycles. The van der Waals surface area contributed by atoms with Gasteiger partial charge >= 0.3 is 0 Å². The molecule has 32 heavy (non-hydrogen) atoms. The molecule has 8 nitrogen and oxygen atoms in total. The summed E-state index contributed by atoms with van der Waals surface area (Å²) in [6.45, 7) is 3.54. The van der Waals surface area contributed by atoms with Crippen LogP contribution in [-0.2, 0) is 10.0 Å². The second kappa shape index (κ2) is 8.29. The van der Waals surface area contributed by atoms with E-state index in [-0.39, 0.29) is 15.6 Å². The van der Waals surface area contributed by atoms with E-state index in [9.17, 15) is 12.8 Å². The van der Waals surface area contributed by atoms with Gasteiger partial charge in [-0.25, -0.2) is 22.8 Å². The van der Waals surface area contributed by atoms with Gasteiger partial charge in [0.05, 0.1) is 10.7 Å². The minimum absolute atomic E-state index is 0.152. The van der Waals surface area contributed by atoms with Gasteiger partial charge in [-0.2, -0.15) is 4.98 Å². The van der Waals surface area contributed by atoms with E-state index in [0.29, 0.717) is 39.4 Å². The summed E-state index contributed by atoms with van der Waals surface area (Å²) in [5.74, 6) is -0.263. The molecule has 11 heteroatoms. The second-order valence-corrected chi connectivity index (χ2v) is 9.19. The van der Waals surface area contributed by atoms with Gasteiger partial charge in [0.2, 0.25) is 5.95 Å². The molecule has 0 radical (unpaired) electrons. The van der Waals surface area contributed by atoms with Gasteiger partial charge in [-0.3, -0.25) is 9.71 Å². The molecule has 0 spiro atoms. The third-order valence-electron chi connectivity index (χ3n) is 4.82. The van der Waals surface area contributed by atoms with Crippen molar-refractivity contribution in [3.05, 3.63) is 65.0 Å². The summed E-state index contributed by atoms with van der Waals surface area (Å²) in [6, 6.07) is 5.80. The van der Waals surface area contributed by atoms with E-state index in [0.717, 1.165) is 6.20 Å². The maximum absolute atomic E-state index is 14.7. The van der Waals surface area contributed by atoms with Crippen molar-refractivity contribution in [1.82, 2.24) is 19.9 Å². The number of sulfonamides is 1. The molecule has 0 atom stereocenters. The monoisotopic (exact) mass is 472 g/mol. The molecule has 1 aromatic carbocycles. The van der Waals surface area contributed by atoms with Crippen LogP contribution < -0.4 is 10.0 Å². The van der Waals surface area contributed by atoms with Crippen molar-refractivity contribution >= 4 is 44.3 Å². The Morgan fingerprint density at radius 2 is 1.78 bits per heavy atom. The molecule has 0 amide bonds. The van der Waals surface area contributed by atoms with Crippen LogP contribution in [0, 0.1) is 19.7 Å². The fourth-order valence-corrected chi connectivity index (χ4v) is 4.51. The first-order valence-corrected chi connectivity index (χ1v) is 11.3. The van der Waals surface area contributed by atoms with Gasteiger partial charge in [-0.05, 0) is 49.2 Å². The summed E-state index contributed by atoms with van der Waals surface area (Å²) in [7, 11) is -2.39. The van der Waals surface area contributed by atoms with E-state index in [1.54, 1.807) is 27.1 Å². The van der Waals surface area contributed by atoms with Gasteiger partial charge in [0.1, 0.15) is 10.7 Å². The summed E-state index contributed by atoms with van der Waals surface area (Å²) < 4.78 is 42.4. The second-order valence-electron chi connectivity index (χ2n) is 7.07. The zero-order valence-electron chi connectivity index (χ0n) is 17.3. The number of halogens is 2. The molecule has 4 rings (SSSR count). The topological polar surface area (TPSA) is 110 Å². The first-order valence-electron chi connectivity index (χ1n) is 9.44. The highest BCUT2D eigenvalue weighted by molar-refractivity contribution is 7.92. The van der Waals surface area contributed by atoms with Crippen molar-refractivity contribution in [3.8, 4) is 11.1 Å². The molecule has 2 N–H and O–H groups in total. The highest BCUT2D eigenvalue weighted by atomic mass is 35.5. The Bertz CT molecular complexity index is 1460. The lowest BCUT2D eigenvalue weighted by atomic mass is 9.98. The van der Waals surface area contributed by atoms with Gasteiger partial charge in [-0.1, -0.05) is 11.6 Å². The number of aryl methyl sites for hydroxylation is 2. The minimum atomic E-state index is -4.10. The predicted octanol–water partition coefficient (Wildman–Crippen LogP) is 4.34. The molecule has 0 bridgehead atoms. The van der Waals surface area contributed by atoms with Crippen LogP contribution in [0.5, 0.6) is 0 Å². The highest BCUT2D eigenvalue weighted by Gasteiger charge is 2.20. The molecule has 3 aromatic heterocycles. The van der Waals surface area contributed by atoms with Gasteiger partial charge in [0.25, 0.3) is 10.0 Å². The zero-order chi connectivity index (χ0) is 23.0. The van der Waals surface area contributed by atoms with Crippen LogP contribution in [0.4, 0.5) is 16.0 Å².